The number of nitrogens with zero attached hydrogens (tertiary/aromatic N) is 3. The first-order chi connectivity index (χ1) is 11.9. The molecule has 0 saturated carbocycles. The van der Waals surface area contributed by atoms with Gasteiger partial charge in [-0.15, -0.1) is 0 Å². The third-order valence-corrected chi connectivity index (χ3v) is 4.30. The Kier molecular flexibility index (Phi) is 4.86. The smallest absolute Gasteiger partial charge is 0.258 e. The van der Waals surface area contributed by atoms with Crippen LogP contribution in [0.1, 0.15) is 16.8 Å². The second kappa shape index (κ2) is 7.07. The van der Waals surface area contributed by atoms with Gasteiger partial charge in [-0.3, -0.25) is 9.20 Å². The molecule has 0 spiro atoms. The lowest BCUT2D eigenvalue weighted by atomic mass is 10.2. The minimum Gasteiger partial charge on any atom is -0.378 e. The summed E-state index contributed by atoms with van der Waals surface area (Å²) in [6.45, 7) is 3.58. The molecule has 0 aliphatic rings. The van der Waals surface area contributed by atoms with Crippen LogP contribution < -0.4 is 15.4 Å². The normalized spacial score (nSPS) is 12.3. The predicted octanol–water partition coefficient (Wildman–Crippen LogP) is 1.28. The van der Waals surface area contributed by atoms with Gasteiger partial charge >= 0.3 is 0 Å². The number of quaternary nitrogens is 1. The van der Waals surface area contributed by atoms with E-state index >= 15 is 0 Å². The van der Waals surface area contributed by atoms with Crippen molar-refractivity contribution in [3.05, 3.63) is 75.8 Å². The van der Waals surface area contributed by atoms with Crippen LogP contribution in [0.2, 0.25) is 0 Å². The lowest BCUT2D eigenvalue weighted by Crippen LogP contribution is -3.06. The Morgan fingerprint density at radius 2 is 1.80 bits per heavy atom. The van der Waals surface area contributed by atoms with Gasteiger partial charge in [0, 0.05) is 37.6 Å². The zero-order chi connectivity index (χ0) is 18.0. The fraction of sp³-hybridized carbons (Fsp3) is 0.300. The number of aryl methyl sites for hydroxylation is 1. The summed E-state index contributed by atoms with van der Waals surface area (Å²) in [7, 11) is 6.20. The molecule has 5 nitrogen and oxygen atoms in total. The quantitative estimate of drug-likeness (QED) is 0.763. The van der Waals surface area contributed by atoms with Crippen molar-refractivity contribution >= 4 is 11.3 Å². The summed E-state index contributed by atoms with van der Waals surface area (Å²) in [4.78, 5) is 20.3. The molecule has 3 aromatic rings. The van der Waals surface area contributed by atoms with Crippen molar-refractivity contribution in [3.8, 4) is 0 Å². The van der Waals surface area contributed by atoms with Gasteiger partial charge in [0.25, 0.3) is 5.56 Å². The highest BCUT2D eigenvalue weighted by Gasteiger charge is 2.09. The van der Waals surface area contributed by atoms with E-state index < -0.39 is 0 Å². The van der Waals surface area contributed by atoms with Crippen molar-refractivity contribution in [3.63, 3.8) is 0 Å². The van der Waals surface area contributed by atoms with Crippen molar-refractivity contribution < 1.29 is 4.90 Å². The third kappa shape index (κ3) is 4.06. The highest BCUT2D eigenvalue weighted by atomic mass is 16.1. The number of hydrogen-bond donors (Lipinski definition) is 1. The molecule has 5 heteroatoms. The van der Waals surface area contributed by atoms with E-state index in [0.717, 1.165) is 24.3 Å². The van der Waals surface area contributed by atoms with Crippen LogP contribution in [0.4, 0.5) is 5.69 Å². The largest absolute Gasteiger partial charge is 0.378 e. The summed E-state index contributed by atoms with van der Waals surface area (Å²) in [6, 6.07) is 14.1. The molecule has 1 unspecified atom stereocenters. The zero-order valence-electron chi connectivity index (χ0n) is 15.3. The van der Waals surface area contributed by atoms with Crippen molar-refractivity contribution in [2.75, 3.05) is 26.0 Å². The number of anilines is 1. The van der Waals surface area contributed by atoms with Crippen molar-refractivity contribution in [2.45, 2.75) is 20.0 Å². The molecule has 0 fully saturated rings. The number of benzene rings is 1. The van der Waals surface area contributed by atoms with Crippen LogP contribution in [-0.4, -0.2) is 30.5 Å². The number of aromatic nitrogens is 2. The summed E-state index contributed by atoms with van der Waals surface area (Å²) >= 11 is 0. The first-order valence-electron chi connectivity index (χ1n) is 8.49. The van der Waals surface area contributed by atoms with Crippen LogP contribution in [0.5, 0.6) is 0 Å². The second-order valence-corrected chi connectivity index (χ2v) is 6.89. The van der Waals surface area contributed by atoms with Gasteiger partial charge in [-0.2, -0.15) is 0 Å². The number of hydrogen-bond acceptors (Lipinski definition) is 3. The maximum Gasteiger partial charge on any atom is 0.258 e. The Morgan fingerprint density at radius 1 is 1.08 bits per heavy atom. The highest BCUT2D eigenvalue weighted by molar-refractivity contribution is 5.45. The Bertz CT molecular complexity index is 929. The molecule has 1 N–H and O–H groups in total. The van der Waals surface area contributed by atoms with Gasteiger partial charge in [0.15, 0.2) is 0 Å². The number of fused-ring (bicyclic) bond motifs is 1. The molecule has 25 heavy (non-hydrogen) atoms. The zero-order valence-corrected chi connectivity index (χ0v) is 15.3. The molecule has 0 radical (unpaired) electrons. The van der Waals surface area contributed by atoms with Gasteiger partial charge in [-0.25, -0.2) is 4.98 Å². The van der Waals surface area contributed by atoms with Crippen LogP contribution >= 0.6 is 0 Å². The number of pyridine rings is 1. The summed E-state index contributed by atoms with van der Waals surface area (Å²) in [5, 5.41) is 0. The molecule has 130 valence electrons. The van der Waals surface area contributed by atoms with Crippen LogP contribution in [0, 0.1) is 6.92 Å². The van der Waals surface area contributed by atoms with Crippen LogP contribution in [-0.2, 0) is 13.1 Å². The molecule has 0 amide bonds. The molecule has 0 bridgehead atoms. The second-order valence-electron chi connectivity index (χ2n) is 6.89. The van der Waals surface area contributed by atoms with Crippen LogP contribution in [0.3, 0.4) is 0 Å². The highest BCUT2D eigenvalue weighted by Crippen LogP contribution is 2.11. The average molecular weight is 337 g/mol. The first-order valence-corrected chi connectivity index (χ1v) is 8.49. The fourth-order valence-electron chi connectivity index (χ4n) is 2.98. The minimum atomic E-state index is -0.0214. The van der Waals surface area contributed by atoms with Crippen molar-refractivity contribution in [1.82, 2.24) is 9.38 Å². The van der Waals surface area contributed by atoms with E-state index in [-0.39, 0.29) is 5.56 Å². The van der Waals surface area contributed by atoms with Crippen molar-refractivity contribution in [1.29, 1.82) is 0 Å². The van der Waals surface area contributed by atoms with Gasteiger partial charge in [-0.1, -0.05) is 18.2 Å². The first kappa shape index (κ1) is 17.2. The standard InChI is InChI=1S/C20H24N4O/c1-15-5-10-19-21-17(11-20(25)24(19)12-15)14-23(4)13-16-6-8-18(9-7-16)22(2)3/h5-12H,13-14H2,1-4H3/p+1. The molecule has 1 atom stereocenters. The van der Waals surface area contributed by atoms with E-state index in [1.54, 1.807) is 10.5 Å². The molecule has 2 heterocycles. The average Bonchev–Trinajstić information content (AvgIpc) is 2.56. The van der Waals surface area contributed by atoms with Crippen LogP contribution in [0.15, 0.2) is 53.5 Å². The van der Waals surface area contributed by atoms with Gasteiger partial charge in [0.05, 0.1) is 7.05 Å². The van der Waals surface area contributed by atoms with E-state index in [1.807, 2.05) is 39.3 Å². The van der Waals surface area contributed by atoms with Gasteiger partial charge in [0.1, 0.15) is 24.4 Å². The SMILES string of the molecule is Cc1ccc2nc(C[NH+](C)Cc3ccc(N(C)C)cc3)cc(=O)n2c1. The summed E-state index contributed by atoms with van der Waals surface area (Å²) in [6.07, 6.45) is 1.83. The molecule has 0 aliphatic carbocycles. The molecular formula is C20H25N4O+. The fourth-order valence-corrected chi connectivity index (χ4v) is 2.98. The summed E-state index contributed by atoms with van der Waals surface area (Å²) < 4.78 is 1.61. The van der Waals surface area contributed by atoms with E-state index in [4.69, 9.17) is 0 Å². The Hall–Kier alpha value is -2.66. The van der Waals surface area contributed by atoms with E-state index in [9.17, 15) is 4.79 Å². The Balaban J connectivity index is 1.74. The molecule has 0 saturated heterocycles. The lowest BCUT2D eigenvalue weighted by molar-refractivity contribution is -0.908. The van der Waals surface area contributed by atoms with E-state index in [2.05, 4.69) is 41.2 Å². The number of rotatable bonds is 5. The lowest BCUT2D eigenvalue weighted by Gasteiger charge is -2.16. The van der Waals surface area contributed by atoms with E-state index in [1.165, 1.54) is 16.2 Å². The molecule has 3 rings (SSSR count). The monoisotopic (exact) mass is 337 g/mol. The maximum absolute atomic E-state index is 12.3. The topological polar surface area (TPSA) is 42.0 Å². The molecule has 1 aromatic carbocycles. The van der Waals surface area contributed by atoms with Gasteiger partial charge in [-0.05, 0) is 30.7 Å². The van der Waals surface area contributed by atoms with E-state index in [0.29, 0.717) is 5.65 Å². The minimum absolute atomic E-state index is 0.0214. The Labute approximate surface area is 148 Å². The number of nitrogens with one attached hydrogen (secondary N) is 1. The maximum atomic E-state index is 12.3. The summed E-state index contributed by atoms with van der Waals surface area (Å²) in [5.41, 5.74) is 5.03. The predicted molar refractivity (Wildman–Crippen MR) is 101 cm³/mol. The molecule has 2 aromatic heterocycles. The van der Waals surface area contributed by atoms with Gasteiger partial charge < -0.3 is 9.80 Å². The van der Waals surface area contributed by atoms with Gasteiger partial charge in [0.2, 0.25) is 0 Å². The third-order valence-electron chi connectivity index (χ3n) is 4.30. The van der Waals surface area contributed by atoms with Crippen LogP contribution in [0.25, 0.3) is 5.65 Å². The summed E-state index contributed by atoms with van der Waals surface area (Å²) in [5.74, 6) is 0. The Morgan fingerprint density at radius 3 is 2.48 bits per heavy atom. The molecule has 0 aliphatic heterocycles. The molecular weight excluding hydrogens is 312 g/mol. The van der Waals surface area contributed by atoms with Crippen molar-refractivity contribution in [2.24, 2.45) is 0 Å².